The van der Waals surface area contributed by atoms with Gasteiger partial charge in [-0.3, -0.25) is 0 Å². The first kappa shape index (κ1) is 14.4. The molecule has 0 amide bonds. The Kier molecular flexibility index (Phi) is 4.24. The van der Waals surface area contributed by atoms with E-state index in [0.29, 0.717) is 12.1 Å². The molecule has 0 aromatic carbocycles. The molecule has 2 heterocycles. The van der Waals surface area contributed by atoms with Crippen molar-refractivity contribution in [2.24, 2.45) is 0 Å². The van der Waals surface area contributed by atoms with E-state index in [1.54, 1.807) is 12.3 Å². The van der Waals surface area contributed by atoms with Crippen molar-refractivity contribution in [1.29, 1.82) is 0 Å². The molecule has 1 aromatic heterocycles. The van der Waals surface area contributed by atoms with Crippen molar-refractivity contribution < 1.29 is 17.9 Å². The third-order valence-electron chi connectivity index (χ3n) is 2.94. The van der Waals surface area contributed by atoms with E-state index in [-0.39, 0.29) is 15.8 Å². The summed E-state index contributed by atoms with van der Waals surface area (Å²) in [5.74, 6) is -0.622. The van der Waals surface area contributed by atoms with Crippen molar-refractivity contribution in [3.63, 3.8) is 0 Å². The number of nitrogens with one attached hydrogen (secondary N) is 2. The molecule has 1 fully saturated rings. The molecule has 1 aliphatic heterocycles. The number of rotatable bonds is 4. The van der Waals surface area contributed by atoms with E-state index in [9.17, 15) is 13.2 Å². The van der Waals surface area contributed by atoms with Crippen LogP contribution in [0.15, 0.2) is 10.3 Å². The molecular weight excluding hydrogens is 288 g/mol. The van der Waals surface area contributed by atoms with Crippen LogP contribution in [0.4, 0.5) is 0 Å². The Morgan fingerprint density at radius 2 is 2.32 bits per heavy atom. The van der Waals surface area contributed by atoms with E-state index in [2.05, 4.69) is 14.8 Å². The van der Waals surface area contributed by atoms with Crippen molar-refractivity contribution in [2.45, 2.75) is 24.3 Å². The molecule has 2 N–H and O–H groups in total. The van der Waals surface area contributed by atoms with Crippen molar-refractivity contribution in [1.82, 2.24) is 10.0 Å². The molecule has 2 rings (SSSR count). The highest BCUT2D eigenvalue weighted by Crippen LogP contribution is 2.27. The molecule has 1 aromatic rings. The van der Waals surface area contributed by atoms with Gasteiger partial charge in [0.1, 0.15) is 9.77 Å². The van der Waals surface area contributed by atoms with Crippen molar-refractivity contribution in [3.8, 4) is 0 Å². The number of sulfonamides is 1. The summed E-state index contributed by atoms with van der Waals surface area (Å²) in [6.07, 6.45) is 0.746. The molecule has 0 bridgehead atoms. The van der Waals surface area contributed by atoms with Gasteiger partial charge in [-0.15, -0.1) is 11.3 Å². The highest BCUT2D eigenvalue weighted by molar-refractivity contribution is 7.89. The zero-order valence-corrected chi connectivity index (χ0v) is 12.4. The molecule has 1 saturated heterocycles. The first-order chi connectivity index (χ1) is 8.95. The van der Waals surface area contributed by atoms with Crippen LogP contribution in [0.1, 0.15) is 21.7 Å². The van der Waals surface area contributed by atoms with Crippen LogP contribution >= 0.6 is 11.3 Å². The quantitative estimate of drug-likeness (QED) is 0.791. The molecule has 106 valence electrons. The maximum Gasteiger partial charge on any atom is 0.349 e. The molecule has 1 aliphatic rings. The van der Waals surface area contributed by atoms with E-state index in [4.69, 9.17) is 0 Å². The fourth-order valence-electron chi connectivity index (χ4n) is 2.03. The molecule has 19 heavy (non-hydrogen) atoms. The van der Waals surface area contributed by atoms with E-state index in [0.717, 1.165) is 24.3 Å². The first-order valence-electron chi connectivity index (χ1n) is 5.85. The summed E-state index contributed by atoms with van der Waals surface area (Å²) >= 11 is 1.08. The van der Waals surface area contributed by atoms with Gasteiger partial charge >= 0.3 is 5.97 Å². The Labute approximate surface area is 116 Å². The Morgan fingerprint density at radius 1 is 1.58 bits per heavy atom. The lowest BCUT2D eigenvalue weighted by Gasteiger charge is -2.12. The number of thiophene rings is 1. The molecular formula is C11H16N2O4S2. The summed E-state index contributed by atoms with van der Waals surface area (Å²) in [6, 6.07) is -0.130. The standard InChI is InChI=1S/C11H16N2O4S2/c1-7-6-18-9(11(14)17-2)10(7)19(15,16)13-8-3-4-12-5-8/h6,8,12-13H,3-5H2,1-2H3. The second-order valence-corrected chi connectivity index (χ2v) is 6.91. The molecule has 0 radical (unpaired) electrons. The normalized spacial score (nSPS) is 19.6. The minimum Gasteiger partial charge on any atom is -0.465 e. The predicted molar refractivity (Wildman–Crippen MR) is 72.0 cm³/mol. The highest BCUT2D eigenvalue weighted by atomic mass is 32.2. The fourth-order valence-corrected chi connectivity index (χ4v) is 5.01. The van der Waals surface area contributed by atoms with E-state index in [1.165, 1.54) is 7.11 Å². The Balaban J connectivity index is 2.33. The van der Waals surface area contributed by atoms with Crippen LogP contribution in [0.25, 0.3) is 0 Å². The summed E-state index contributed by atoms with van der Waals surface area (Å²) in [5.41, 5.74) is 0.559. The maximum atomic E-state index is 12.4. The number of hydrogen-bond donors (Lipinski definition) is 2. The van der Waals surface area contributed by atoms with Crippen LogP contribution < -0.4 is 10.0 Å². The summed E-state index contributed by atoms with van der Waals surface area (Å²) in [6.45, 7) is 3.07. The highest BCUT2D eigenvalue weighted by Gasteiger charge is 2.30. The number of carbonyl (C=O) groups is 1. The molecule has 1 unspecified atom stereocenters. The molecule has 8 heteroatoms. The summed E-state index contributed by atoms with van der Waals surface area (Å²) in [5, 5.41) is 4.73. The van der Waals surface area contributed by atoms with Crippen LogP contribution in [0.3, 0.4) is 0 Å². The topological polar surface area (TPSA) is 84.5 Å². The van der Waals surface area contributed by atoms with Gasteiger partial charge in [-0.25, -0.2) is 17.9 Å². The minimum absolute atomic E-state index is 0.0382. The Hall–Kier alpha value is -0.960. The largest absolute Gasteiger partial charge is 0.465 e. The van der Waals surface area contributed by atoms with Gasteiger partial charge < -0.3 is 10.1 Å². The van der Waals surface area contributed by atoms with Gasteiger partial charge in [0, 0.05) is 12.6 Å². The van der Waals surface area contributed by atoms with Gasteiger partial charge in [0.15, 0.2) is 0 Å². The van der Waals surface area contributed by atoms with Crippen molar-refractivity contribution in [3.05, 3.63) is 15.8 Å². The average Bonchev–Trinajstić information content (AvgIpc) is 2.97. The van der Waals surface area contributed by atoms with Gasteiger partial charge in [0.05, 0.1) is 7.11 Å². The number of methoxy groups -OCH3 is 1. The van der Waals surface area contributed by atoms with Gasteiger partial charge in [-0.05, 0) is 30.8 Å². The minimum atomic E-state index is -3.70. The van der Waals surface area contributed by atoms with Crippen molar-refractivity contribution >= 4 is 27.3 Å². The third-order valence-corrected chi connectivity index (χ3v) is 5.85. The number of carbonyl (C=O) groups excluding carboxylic acids is 1. The predicted octanol–water partition coefficient (Wildman–Crippen LogP) is 0.483. The number of ether oxygens (including phenoxy) is 1. The van der Waals surface area contributed by atoms with Crippen LogP contribution in [-0.4, -0.2) is 40.6 Å². The van der Waals surface area contributed by atoms with Gasteiger partial charge in [0.2, 0.25) is 10.0 Å². The second kappa shape index (κ2) is 5.58. The first-order valence-corrected chi connectivity index (χ1v) is 8.21. The van der Waals surface area contributed by atoms with Crippen LogP contribution in [-0.2, 0) is 14.8 Å². The summed E-state index contributed by atoms with van der Waals surface area (Å²) in [7, 11) is -2.46. The summed E-state index contributed by atoms with van der Waals surface area (Å²) in [4.78, 5) is 11.8. The van der Waals surface area contributed by atoms with Gasteiger partial charge in [-0.2, -0.15) is 0 Å². The Morgan fingerprint density at radius 3 is 2.89 bits per heavy atom. The van der Waals surface area contributed by atoms with E-state index in [1.807, 2.05) is 0 Å². The third kappa shape index (κ3) is 2.97. The number of aryl methyl sites for hydroxylation is 1. The van der Waals surface area contributed by atoms with Crippen LogP contribution in [0.5, 0.6) is 0 Å². The second-order valence-electron chi connectivity index (χ2n) is 4.38. The molecule has 6 nitrogen and oxygen atoms in total. The van der Waals surface area contributed by atoms with Gasteiger partial charge in [-0.1, -0.05) is 0 Å². The number of esters is 1. The van der Waals surface area contributed by atoms with E-state index >= 15 is 0 Å². The maximum absolute atomic E-state index is 12.4. The van der Waals surface area contributed by atoms with Crippen LogP contribution in [0, 0.1) is 6.92 Å². The molecule has 0 saturated carbocycles. The fraction of sp³-hybridized carbons (Fsp3) is 0.545. The van der Waals surface area contributed by atoms with Gasteiger partial charge in [0.25, 0.3) is 0 Å². The Bertz CT molecular complexity index is 574. The lowest BCUT2D eigenvalue weighted by molar-refractivity contribution is 0.0602. The number of hydrogen-bond acceptors (Lipinski definition) is 6. The summed E-state index contributed by atoms with van der Waals surface area (Å²) < 4.78 is 32.0. The smallest absolute Gasteiger partial charge is 0.349 e. The monoisotopic (exact) mass is 304 g/mol. The van der Waals surface area contributed by atoms with Crippen molar-refractivity contribution in [2.75, 3.05) is 20.2 Å². The SMILES string of the molecule is COC(=O)c1scc(C)c1S(=O)(=O)NC1CCNC1. The average molecular weight is 304 g/mol. The van der Waals surface area contributed by atoms with E-state index < -0.39 is 16.0 Å². The zero-order valence-electron chi connectivity index (χ0n) is 10.7. The van der Waals surface area contributed by atoms with Crippen LogP contribution in [0.2, 0.25) is 0 Å². The molecule has 0 spiro atoms. The zero-order chi connectivity index (χ0) is 14.0. The molecule has 0 aliphatic carbocycles. The lowest BCUT2D eigenvalue weighted by Crippen LogP contribution is -2.36. The lowest BCUT2D eigenvalue weighted by atomic mass is 10.3. The molecule has 1 atom stereocenters.